The summed E-state index contributed by atoms with van der Waals surface area (Å²) in [5.74, 6) is 0.995. The highest BCUT2D eigenvalue weighted by atomic mass is 32.2. The molecule has 7 heteroatoms. The monoisotopic (exact) mass is 518 g/mol. The van der Waals surface area contributed by atoms with Crippen molar-refractivity contribution in [1.82, 2.24) is 0 Å². The van der Waals surface area contributed by atoms with Crippen molar-refractivity contribution < 1.29 is 22.1 Å². The quantitative estimate of drug-likeness (QED) is 0.118. The molecule has 0 radical (unpaired) electrons. The van der Waals surface area contributed by atoms with Gasteiger partial charge >= 0.3 is 10.1 Å². The molecule has 0 atom stereocenters. The Morgan fingerprint density at radius 2 is 1.56 bits per heavy atom. The van der Waals surface area contributed by atoms with Crippen LogP contribution in [-0.2, 0) is 10.1 Å². The number of rotatable bonds is 11. The summed E-state index contributed by atoms with van der Waals surface area (Å²) in [6.45, 7) is 2.77. The zero-order chi connectivity index (χ0) is 25.4. The van der Waals surface area contributed by atoms with Crippen LogP contribution in [0.3, 0.4) is 0 Å². The number of hydrogen-bond acceptors (Lipinski definition) is 6. The summed E-state index contributed by atoms with van der Waals surface area (Å²) in [6, 6.07) is 28.1. The lowest BCUT2D eigenvalue weighted by atomic mass is 10.0. The Morgan fingerprint density at radius 3 is 2.28 bits per heavy atom. The van der Waals surface area contributed by atoms with Gasteiger partial charge in [0.1, 0.15) is 16.4 Å². The molecule has 4 aromatic carbocycles. The van der Waals surface area contributed by atoms with E-state index in [0.717, 1.165) is 29.8 Å². The molecule has 0 N–H and O–H groups in total. The van der Waals surface area contributed by atoms with Crippen LogP contribution in [0.25, 0.3) is 11.1 Å². The Morgan fingerprint density at radius 1 is 0.833 bits per heavy atom. The van der Waals surface area contributed by atoms with Crippen LogP contribution in [0.2, 0.25) is 0 Å². The Hall–Kier alpha value is -3.55. The molecule has 0 saturated carbocycles. The predicted molar refractivity (Wildman–Crippen MR) is 142 cm³/mol. The number of aldehydes is 1. The first-order chi connectivity index (χ1) is 17.5. The van der Waals surface area contributed by atoms with E-state index in [1.807, 2.05) is 36.4 Å². The summed E-state index contributed by atoms with van der Waals surface area (Å²) in [5, 5.41) is 0. The number of ether oxygens (including phenoxy) is 1. The minimum absolute atomic E-state index is 0.0258. The summed E-state index contributed by atoms with van der Waals surface area (Å²) in [7, 11) is -4.17. The van der Waals surface area contributed by atoms with E-state index >= 15 is 0 Å². The second-order valence-corrected chi connectivity index (χ2v) is 10.6. The molecule has 0 bridgehead atoms. The Labute approximate surface area is 216 Å². The standard InChI is InChI=1S/C29H26O5S2/c1-2-3-19-33-24-14-16-26(17-15-24)35-28-18-13-22(27-12-8-7-9-23(27)21-30)20-29(28)36(31,32)34-25-10-5-4-6-11-25/h4-18,20-21H,2-3,19H2,1H3. The topological polar surface area (TPSA) is 69.7 Å². The summed E-state index contributed by atoms with van der Waals surface area (Å²) in [5.41, 5.74) is 1.73. The van der Waals surface area contributed by atoms with Crippen LogP contribution < -0.4 is 8.92 Å². The average Bonchev–Trinajstić information content (AvgIpc) is 2.90. The van der Waals surface area contributed by atoms with E-state index in [1.165, 1.54) is 11.8 Å². The Kier molecular flexibility index (Phi) is 8.46. The molecule has 0 aliphatic heterocycles. The van der Waals surface area contributed by atoms with Gasteiger partial charge in [0, 0.05) is 15.4 Å². The van der Waals surface area contributed by atoms with Crippen molar-refractivity contribution in [2.45, 2.75) is 34.5 Å². The number of hydrogen-bond donors (Lipinski definition) is 0. The van der Waals surface area contributed by atoms with Crippen molar-refractivity contribution >= 4 is 28.2 Å². The summed E-state index contributed by atoms with van der Waals surface area (Å²) < 4.78 is 38.0. The molecule has 0 amide bonds. The number of carbonyl (C=O) groups is 1. The predicted octanol–water partition coefficient (Wildman–Crippen LogP) is 7.26. The maximum atomic E-state index is 13.4. The Balaban J connectivity index is 1.71. The third kappa shape index (κ3) is 6.36. The molecule has 0 aliphatic rings. The van der Waals surface area contributed by atoms with Crippen LogP contribution in [0.15, 0.2) is 112 Å². The number of carbonyl (C=O) groups excluding carboxylic acids is 1. The van der Waals surface area contributed by atoms with Crippen LogP contribution in [0.5, 0.6) is 11.5 Å². The van der Waals surface area contributed by atoms with Crippen LogP contribution in [0.4, 0.5) is 0 Å². The van der Waals surface area contributed by atoms with Gasteiger partial charge < -0.3 is 8.92 Å². The molecule has 0 fully saturated rings. The van der Waals surface area contributed by atoms with Crippen LogP contribution >= 0.6 is 11.8 Å². The lowest BCUT2D eigenvalue weighted by Gasteiger charge is -2.14. The second kappa shape index (κ2) is 11.9. The molecular formula is C29H26O5S2. The Bertz CT molecular complexity index is 1420. The smallest absolute Gasteiger partial charge is 0.340 e. The maximum Gasteiger partial charge on any atom is 0.340 e. The van der Waals surface area contributed by atoms with E-state index in [2.05, 4.69) is 6.92 Å². The number of para-hydroxylation sites is 1. The summed E-state index contributed by atoms with van der Waals surface area (Å²) in [4.78, 5) is 13.0. The first-order valence-corrected chi connectivity index (χ1v) is 13.8. The van der Waals surface area contributed by atoms with E-state index in [4.69, 9.17) is 8.92 Å². The van der Waals surface area contributed by atoms with Gasteiger partial charge in [0.05, 0.1) is 6.61 Å². The summed E-state index contributed by atoms with van der Waals surface area (Å²) >= 11 is 1.32. The fourth-order valence-electron chi connectivity index (χ4n) is 3.53. The van der Waals surface area contributed by atoms with Gasteiger partial charge in [-0.15, -0.1) is 0 Å². The fourth-order valence-corrected chi connectivity index (χ4v) is 5.82. The molecule has 0 saturated heterocycles. The van der Waals surface area contributed by atoms with Crippen molar-refractivity contribution in [2.24, 2.45) is 0 Å². The van der Waals surface area contributed by atoms with E-state index in [1.54, 1.807) is 60.7 Å². The highest BCUT2D eigenvalue weighted by Gasteiger charge is 2.23. The molecule has 5 nitrogen and oxygen atoms in total. The van der Waals surface area contributed by atoms with Gasteiger partial charge in [-0.25, -0.2) is 0 Å². The first kappa shape index (κ1) is 25.5. The van der Waals surface area contributed by atoms with Gasteiger partial charge in [-0.2, -0.15) is 8.42 Å². The van der Waals surface area contributed by atoms with Gasteiger partial charge in [-0.3, -0.25) is 4.79 Å². The zero-order valence-corrected chi connectivity index (χ0v) is 21.4. The SMILES string of the molecule is CCCCOc1ccc(Sc2ccc(-c3ccccc3C=O)cc2S(=O)(=O)Oc2ccccc2)cc1. The minimum atomic E-state index is -4.17. The first-order valence-electron chi connectivity index (χ1n) is 11.6. The third-order valence-corrected chi connectivity index (χ3v) is 7.88. The van der Waals surface area contributed by atoms with Gasteiger partial charge in [0.25, 0.3) is 0 Å². The fraction of sp³-hybridized carbons (Fsp3) is 0.138. The van der Waals surface area contributed by atoms with Gasteiger partial charge in [-0.05, 0) is 66.1 Å². The summed E-state index contributed by atoms with van der Waals surface area (Å²) in [6.07, 6.45) is 2.80. The second-order valence-electron chi connectivity index (χ2n) is 7.99. The molecule has 0 unspecified atom stereocenters. The van der Waals surface area contributed by atoms with Crippen molar-refractivity contribution in [2.75, 3.05) is 6.61 Å². The highest BCUT2D eigenvalue weighted by molar-refractivity contribution is 8.00. The largest absolute Gasteiger partial charge is 0.494 e. The zero-order valence-electron chi connectivity index (χ0n) is 19.8. The average molecular weight is 519 g/mol. The number of benzene rings is 4. The van der Waals surface area contributed by atoms with Crippen molar-refractivity contribution in [1.29, 1.82) is 0 Å². The molecule has 0 spiro atoms. The molecule has 0 heterocycles. The lowest BCUT2D eigenvalue weighted by molar-refractivity contribution is 0.112. The normalized spacial score (nSPS) is 11.1. The van der Waals surface area contributed by atoms with E-state index < -0.39 is 10.1 Å². The van der Waals surface area contributed by atoms with E-state index in [9.17, 15) is 13.2 Å². The van der Waals surface area contributed by atoms with Crippen molar-refractivity contribution in [3.63, 3.8) is 0 Å². The highest BCUT2D eigenvalue weighted by Crippen LogP contribution is 2.37. The maximum absolute atomic E-state index is 13.4. The van der Waals surface area contributed by atoms with E-state index in [0.29, 0.717) is 28.2 Å². The molecule has 184 valence electrons. The van der Waals surface area contributed by atoms with Crippen LogP contribution in [-0.4, -0.2) is 21.3 Å². The minimum Gasteiger partial charge on any atom is -0.494 e. The third-order valence-electron chi connectivity index (χ3n) is 5.38. The molecule has 4 rings (SSSR count). The van der Waals surface area contributed by atoms with Gasteiger partial charge in [0.2, 0.25) is 0 Å². The van der Waals surface area contributed by atoms with Crippen LogP contribution in [0.1, 0.15) is 30.1 Å². The molecule has 36 heavy (non-hydrogen) atoms. The van der Waals surface area contributed by atoms with Crippen molar-refractivity contribution in [3.05, 3.63) is 103 Å². The molecule has 0 aliphatic carbocycles. The van der Waals surface area contributed by atoms with Crippen LogP contribution in [0, 0.1) is 0 Å². The number of unbranched alkanes of at least 4 members (excludes halogenated alkanes) is 1. The molecule has 0 aromatic heterocycles. The molecular weight excluding hydrogens is 492 g/mol. The van der Waals surface area contributed by atoms with E-state index in [-0.39, 0.29) is 10.6 Å². The van der Waals surface area contributed by atoms with Gasteiger partial charge in [0.15, 0.2) is 6.29 Å². The molecule has 4 aromatic rings. The van der Waals surface area contributed by atoms with Crippen molar-refractivity contribution in [3.8, 4) is 22.6 Å². The lowest BCUT2D eigenvalue weighted by Crippen LogP contribution is -2.11. The van der Waals surface area contributed by atoms with Gasteiger partial charge in [-0.1, -0.05) is 73.6 Å².